The summed E-state index contributed by atoms with van der Waals surface area (Å²) in [4.78, 5) is 17.9. The summed E-state index contributed by atoms with van der Waals surface area (Å²) in [5.41, 5.74) is 2.24. The van der Waals surface area contributed by atoms with E-state index in [0.29, 0.717) is 11.6 Å². The summed E-state index contributed by atoms with van der Waals surface area (Å²) < 4.78 is 5.77. The van der Waals surface area contributed by atoms with Crippen molar-refractivity contribution in [1.29, 1.82) is 0 Å². The highest BCUT2D eigenvalue weighted by Crippen LogP contribution is 2.21. The van der Waals surface area contributed by atoms with Crippen molar-refractivity contribution in [3.63, 3.8) is 0 Å². The Morgan fingerprint density at radius 1 is 0.900 bits per heavy atom. The number of thiophene rings is 1. The van der Waals surface area contributed by atoms with Gasteiger partial charge in [0.05, 0.1) is 4.88 Å². The smallest absolute Gasteiger partial charge is 0.264 e. The summed E-state index contributed by atoms with van der Waals surface area (Å²) >= 11 is 13.3. The van der Waals surface area contributed by atoms with E-state index in [1.807, 2.05) is 40.6 Å². The van der Waals surface area contributed by atoms with Crippen LogP contribution >= 0.6 is 34.5 Å². The third-order valence-electron chi connectivity index (χ3n) is 5.06. The normalized spacial score (nSPS) is 14.7. The second kappa shape index (κ2) is 9.84. The van der Waals surface area contributed by atoms with Gasteiger partial charge in [-0.05, 0) is 53.4 Å². The van der Waals surface area contributed by atoms with Crippen molar-refractivity contribution in [2.75, 3.05) is 26.2 Å². The molecule has 0 unspecified atom stereocenters. The van der Waals surface area contributed by atoms with E-state index in [2.05, 4.69) is 17.0 Å². The zero-order valence-corrected chi connectivity index (χ0v) is 18.7. The van der Waals surface area contributed by atoms with Gasteiger partial charge in [0.15, 0.2) is 0 Å². The molecule has 1 saturated heterocycles. The van der Waals surface area contributed by atoms with E-state index < -0.39 is 0 Å². The van der Waals surface area contributed by atoms with Crippen LogP contribution in [0.25, 0.3) is 0 Å². The van der Waals surface area contributed by atoms with Crippen LogP contribution in [0.2, 0.25) is 10.0 Å². The minimum Gasteiger partial charge on any atom is -0.489 e. The van der Waals surface area contributed by atoms with Gasteiger partial charge in [-0.15, -0.1) is 11.3 Å². The van der Waals surface area contributed by atoms with E-state index in [9.17, 15) is 4.79 Å². The van der Waals surface area contributed by atoms with Crippen LogP contribution in [-0.4, -0.2) is 41.9 Å². The van der Waals surface area contributed by atoms with Gasteiger partial charge in [0.2, 0.25) is 0 Å². The molecule has 156 valence electrons. The fourth-order valence-electron chi connectivity index (χ4n) is 3.37. The van der Waals surface area contributed by atoms with Gasteiger partial charge >= 0.3 is 0 Å². The Kier molecular flexibility index (Phi) is 6.95. The number of rotatable bonds is 6. The maximum absolute atomic E-state index is 12.9. The van der Waals surface area contributed by atoms with Gasteiger partial charge in [0.25, 0.3) is 5.91 Å². The molecule has 0 atom stereocenters. The van der Waals surface area contributed by atoms with Crippen molar-refractivity contribution >= 4 is 40.4 Å². The molecule has 1 amide bonds. The Morgan fingerprint density at radius 3 is 2.20 bits per heavy atom. The molecule has 1 aromatic heterocycles. The highest BCUT2D eigenvalue weighted by Gasteiger charge is 2.23. The number of carbonyl (C=O) groups is 1. The summed E-state index contributed by atoms with van der Waals surface area (Å²) in [6, 6.07) is 17.2. The molecule has 4 nitrogen and oxygen atoms in total. The van der Waals surface area contributed by atoms with Crippen LogP contribution in [0.5, 0.6) is 5.75 Å². The second-order valence-corrected chi connectivity index (χ2v) is 9.04. The second-order valence-electron chi connectivity index (χ2n) is 7.26. The standard InChI is InChI=1S/C23H22Cl2N2O2S/c24-19-3-1-17(2-4-19)14-26-9-11-27(12-10-26)23(28)22-13-18(16-30-22)15-29-21-7-5-20(25)6-8-21/h1-8,13,16H,9-12,14-15H2. The lowest BCUT2D eigenvalue weighted by molar-refractivity contribution is 0.0633. The molecule has 0 spiro atoms. The lowest BCUT2D eigenvalue weighted by Crippen LogP contribution is -2.48. The van der Waals surface area contributed by atoms with E-state index in [1.54, 1.807) is 12.1 Å². The molecule has 1 aliphatic heterocycles. The van der Waals surface area contributed by atoms with Gasteiger partial charge in [-0.3, -0.25) is 9.69 Å². The molecule has 4 rings (SSSR count). The highest BCUT2D eigenvalue weighted by molar-refractivity contribution is 7.12. The lowest BCUT2D eigenvalue weighted by Gasteiger charge is -2.34. The van der Waals surface area contributed by atoms with Crippen molar-refractivity contribution in [3.8, 4) is 5.75 Å². The molecule has 1 aliphatic rings. The molecule has 3 aromatic rings. The van der Waals surface area contributed by atoms with Crippen LogP contribution in [0.15, 0.2) is 60.0 Å². The molecule has 1 fully saturated rings. The van der Waals surface area contributed by atoms with E-state index in [1.165, 1.54) is 16.9 Å². The quantitative estimate of drug-likeness (QED) is 0.480. The molecule has 7 heteroatoms. The Hall–Kier alpha value is -2.05. The molecular formula is C23H22Cl2N2O2S. The Morgan fingerprint density at radius 2 is 1.53 bits per heavy atom. The monoisotopic (exact) mass is 460 g/mol. The summed E-state index contributed by atoms with van der Waals surface area (Å²) in [6.45, 7) is 4.52. The fraction of sp³-hybridized carbons (Fsp3) is 0.261. The lowest BCUT2D eigenvalue weighted by atomic mass is 10.2. The zero-order chi connectivity index (χ0) is 20.9. The molecule has 0 radical (unpaired) electrons. The summed E-state index contributed by atoms with van der Waals surface area (Å²) in [5.74, 6) is 0.860. The number of hydrogen-bond acceptors (Lipinski definition) is 4. The maximum atomic E-state index is 12.9. The van der Waals surface area contributed by atoms with Crippen molar-refractivity contribution in [2.24, 2.45) is 0 Å². The zero-order valence-electron chi connectivity index (χ0n) is 16.4. The van der Waals surface area contributed by atoms with Gasteiger partial charge in [-0.1, -0.05) is 35.3 Å². The molecule has 0 saturated carbocycles. The van der Waals surface area contributed by atoms with Crippen LogP contribution in [0.3, 0.4) is 0 Å². The van der Waals surface area contributed by atoms with E-state index in [4.69, 9.17) is 27.9 Å². The molecule has 30 heavy (non-hydrogen) atoms. The van der Waals surface area contributed by atoms with Gasteiger partial charge < -0.3 is 9.64 Å². The summed E-state index contributed by atoms with van der Waals surface area (Å²) in [5, 5.41) is 3.42. The van der Waals surface area contributed by atoms with E-state index >= 15 is 0 Å². The highest BCUT2D eigenvalue weighted by atomic mass is 35.5. The average Bonchev–Trinajstić information content (AvgIpc) is 3.24. The number of halogens is 2. The summed E-state index contributed by atoms with van der Waals surface area (Å²) in [6.07, 6.45) is 0. The first-order valence-corrected chi connectivity index (χ1v) is 11.4. The molecular weight excluding hydrogens is 439 g/mol. The van der Waals surface area contributed by atoms with Crippen molar-refractivity contribution in [1.82, 2.24) is 9.80 Å². The van der Waals surface area contributed by atoms with Crippen molar-refractivity contribution < 1.29 is 9.53 Å². The first-order valence-electron chi connectivity index (χ1n) is 9.79. The Balaban J connectivity index is 1.27. The van der Waals surface area contributed by atoms with Gasteiger partial charge in [-0.2, -0.15) is 0 Å². The average molecular weight is 461 g/mol. The number of benzene rings is 2. The predicted octanol–water partition coefficient (Wildman–Crippen LogP) is 5.59. The van der Waals surface area contributed by atoms with Gasteiger partial charge in [0, 0.05) is 48.3 Å². The number of nitrogens with zero attached hydrogens (tertiary/aromatic N) is 2. The molecule has 2 aromatic carbocycles. The van der Waals surface area contributed by atoms with Crippen molar-refractivity contribution in [2.45, 2.75) is 13.2 Å². The maximum Gasteiger partial charge on any atom is 0.264 e. The molecule has 0 aliphatic carbocycles. The van der Waals surface area contributed by atoms with E-state index in [-0.39, 0.29) is 5.91 Å². The molecule has 2 heterocycles. The number of hydrogen-bond donors (Lipinski definition) is 0. The van der Waals surface area contributed by atoms with Crippen LogP contribution in [0, 0.1) is 0 Å². The minimum absolute atomic E-state index is 0.101. The van der Waals surface area contributed by atoms with Crippen LogP contribution in [0.1, 0.15) is 20.8 Å². The Bertz CT molecular complexity index is 981. The third kappa shape index (κ3) is 5.55. The first kappa shape index (κ1) is 21.2. The van der Waals surface area contributed by atoms with Gasteiger partial charge in [-0.25, -0.2) is 0 Å². The largest absolute Gasteiger partial charge is 0.489 e. The summed E-state index contributed by atoms with van der Waals surface area (Å²) in [7, 11) is 0. The van der Waals surface area contributed by atoms with Crippen LogP contribution in [0.4, 0.5) is 0 Å². The molecule has 0 N–H and O–H groups in total. The van der Waals surface area contributed by atoms with Crippen LogP contribution < -0.4 is 4.74 Å². The Labute approximate surface area is 190 Å². The fourth-order valence-corrected chi connectivity index (χ4v) is 4.49. The number of ether oxygens (including phenoxy) is 1. The SMILES string of the molecule is O=C(c1cc(COc2ccc(Cl)cc2)cs1)N1CCN(Cc2ccc(Cl)cc2)CC1. The van der Waals surface area contributed by atoms with Crippen molar-refractivity contribution in [3.05, 3.63) is 86.0 Å². The number of piperazine rings is 1. The first-order chi connectivity index (χ1) is 14.6. The minimum atomic E-state index is 0.101. The molecule has 0 bridgehead atoms. The third-order valence-corrected chi connectivity index (χ3v) is 6.53. The number of amides is 1. The van der Waals surface area contributed by atoms with Gasteiger partial charge in [0.1, 0.15) is 12.4 Å². The topological polar surface area (TPSA) is 32.8 Å². The van der Waals surface area contributed by atoms with Crippen LogP contribution in [-0.2, 0) is 13.2 Å². The predicted molar refractivity (Wildman–Crippen MR) is 123 cm³/mol. The van der Waals surface area contributed by atoms with E-state index in [0.717, 1.165) is 53.9 Å². The number of carbonyl (C=O) groups excluding carboxylic acids is 1.